The molecule has 14 heavy (non-hydrogen) atoms. The molecule has 1 aliphatic rings. The van der Waals surface area contributed by atoms with E-state index in [1.165, 1.54) is 37.8 Å². The fraction of sp³-hybridized carbons (Fsp3) is 0.818. The lowest BCUT2D eigenvalue weighted by Gasteiger charge is -2.10. The molecule has 3 nitrogen and oxygen atoms in total. The van der Waals surface area contributed by atoms with Crippen LogP contribution in [0.25, 0.3) is 0 Å². The summed E-state index contributed by atoms with van der Waals surface area (Å²) in [5.41, 5.74) is 1.26. The molecule has 0 amide bonds. The Morgan fingerprint density at radius 3 is 2.71 bits per heavy atom. The lowest BCUT2D eigenvalue weighted by atomic mass is 9.98. The molecule has 1 aliphatic carbocycles. The Kier molecular flexibility index (Phi) is 5.27. The second-order valence-corrected chi connectivity index (χ2v) is 3.78. The number of ether oxygens (including phenoxy) is 1. The molecule has 0 bridgehead atoms. The van der Waals surface area contributed by atoms with Crippen LogP contribution in [0.4, 0.5) is 0 Å². The molecule has 0 heterocycles. The number of hydrogen-bond donors (Lipinski definition) is 0. The normalized spacial score (nSPS) is 19.4. The first-order chi connectivity index (χ1) is 6.88. The molecule has 0 saturated heterocycles. The maximum atomic E-state index is 4.73. The van der Waals surface area contributed by atoms with Gasteiger partial charge in [-0.25, -0.2) is 0 Å². The molecular formula is C11H20N2O. The van der Waals surface area contributed by atoms with Crippen LogP contribution in [0, 0.1) is 5.92 Å². The lowest BCUT2D eigenvalue weighted by Crippen LogP contribution is -2.10. The van der Waals surface area contributed by atoms with Gasteiger partial charge in [0.2, 0.25) is 0 Å². The molecule has 3 heteroatoms. The second-order valence-electron chi connectivity index (χ2n) is 3.78. The molecule has 0 aromatic heterocycles. The molecule has 0 radical (unpaired) electrons. The van der Waals surface area contributed by atoms with Gasteiger partial charge in [0, 0.05) is 5.71 Å². The molecule has 0 N–H and O–H groups in total. The molecule has 0 spiro atoms. The monoisotopic (exact) mass is 196 g/mol. The average Bonchev–Trinajstić information content (AvgIpc) is 2.70. The third-order valence-electron chi connectivity index (χ3n) is 2.67. The van der Waals surface area contributed by atoms with Gasteiger partial charge in [-0.1, -0.05) is 26.2 Å². The van der Waals surface area contributed by atoms with Crippen LogP contribution in [0.2, 0.25) is 0 Å². The Balaban J connectivity index is 2.52. The summed E-state index contributed by atoms with van der Waals surface area (Å²) in [4.78, 5) is 0. The van der Waals surface area contributed by atoms with Crippen LogP contribution >= 0.6 is 0 Å². The highest BCUT2D eigenvalue weighted by molar-refractivity contribution is 5.87. The number of methoxy groups -OCH3 is 1. The van der Waals surface area contributed by atoms with Crippen molar-refractivity contribution < 1.29 is 4.74 Å². The summed E-state index contributed by atoms with van der Waals surface area (Å²) in [6.07, 6.45) is 8.90. The molecule has 0 aliphatic heterocycles. The number of hydrogen-bond acceptors (Lipinski definition) is 3. The van der Waals surface area contributed by atoms with E-state index in [1.807, 2.05) is 0 Å². The second kappa shape index (κ2) is 6.57. The van der Waals surface area contributed by atoms with Gasteiger partial charge < -0.3 is 4.74 Å². The van der Waals surface area contributed by atoms with E-state index < -0.39 is 0 Å². The van der Waals surface area contributed by atoms with E-state index in [1.54, 1.807) is 7.11 Å². The van der Waals surface area contributed by atoms with E-state index in [2.05, 4.69) is 17.1 Å². The lowest BCUT2D eigenvalue weighted by molar-refractivity contribution is 0.421. The van der Waals surface area contributed by atoms with Crippen molar-refractivity contribution in [3.63, 3.8) is 0 Å². The maximum absolute atomic E-state index is 4.73. The van der Waals surface area contributed by atoms with Gasteiger partial charge in [-0.3, -0.25) is 0 Å². The first-order valence-corrected chi connectivity index (χ1v) is 5.49. The highest BCUT2D eigenvalue weighted by Crippen LogP contribution is 2.27. The summed E-state index contributed by atoms with van der Waals surface area (Å²) >= 11 is 0. The summed E-state index contributed by atoms with van der Waals surface area (Å²) in [6, 6.07) is 0. The van der Waals surface area contributed by atoms with Crippen molar-refractivity contribution in [3.05, 3.63) is 0 Å². The van der Waals surface area contributed by atoms with Crippen LogP contribution in [0.5, 0.6) is 0 Å². The van der Waals surface area contributed by atoms with Crippen molar-refractivity contribution >= 4 is 12.1 Å². The van der Waals surface area contributed by atoms with Crippen LogP contribution in [0.15, 0.2) is 10.2 Å². The summed E-state index contributed by atoms with van der Waals surface area (Å²) in [6.45, 7) is 2.19. The summed E-state index contributed by atoms with van der Waals surface area (Å²) < 4.78 is 4.73. The Morgan fingerprint density at radius 1 is 1.43 bits per heavy atom. The van der Waals surface area contributed by atoms with E-state index in [9.17, 15) is 0 Å². The van der Waals surface area contributed by atoms with Crippen LogP contribution < -0.4 is 0 Å². The fourth-order valence-electron chi connectivity index (χ4n) is 2.00. The van der Waals surface area contributed by atoms with Gasteiger partial charge in [0.15, 0.2) is 6.40 Å². The smallest absolute Gasteiger partial charge is 0.194 e. The zero-order valence-corrected chi connectivity index (χ0v) is 9.20. The van der Waals surface area contributed by atoms with Gasteiger partial charge in [-0.15, -0.1) is 5.10 Å². The third kappa shape index (κ3) is 3.48. The number of rotatable bonds is 5. The molecular weight excluding hydrogens is 176 g/mol. The first-order valence-electron chi connectivity index (χ1n) is 5.49. The largest absolute Gasteiger partial charge is 0.485 e. The first kappa shape index (κ1) is 11.2. The molecule has 0 unspecified atom stereocenters. The van der Waals surface area contributed by atoms with Gasteiger partial charge in [-0.2, -0.15) is 5.10 Å². The highest BCUT2D eigenvalue weighted by Gasteiger charge is 2.19. The van der Waals surface area contributed by atoms with Gasteiger partial charge in [0.25, 0.3) is 0 Å². The standard InChI is InChI=1S/C11H20N2O/c1-3-6-11(13-12-9-14-2)10-7-4-5-8-10/h9-10H,3-8H2,1-2H3/b12-9?,13-11+. The van der Waals surface area contributed by atoms with E-state index >= 15 is 0 Å². The predicted octanol–water partition coefficient (Wildman–Crippen LogP) is 3.01. The van der Waals surface area contributed by atoms with Gasteiger partial charge in [0.05, 0.1) is 7.11 Å². The Bertz CT molecular complexity index is 205. The van der Waals surface area contributed by atoms with Crippen LogP contribution in [-0.4, -0.2) is 19.2 Å². The van der Waals surface area contributed by atoms with Gasteiger partial charge >= 0.3 is 0 Å². The van der Waals surface area contributed by atoms with Crippen molar-refractivity contribution in [1.29, 1.82) is 0 Å². The van der Waals surface area contributed by atoms with Gasteiger partial charge in [-0.05, 0) is 25.2 Å². The van der Waals surface area contributed by atoms with Crippen molar-refractivity contribution in [2.75, 3.05) is 7.11 Å². The minimum atomic E-state index is 0.684. The topological polar surface area (TPSA) is 34.0 Å². The maximum Gasteiger partial charge on any atom is 0.194 e. The minimum Gasteiger partial charge on any atom is -0.485 e. The van der Waals surface area contributed by atoms with E-state index in [0.29, 0.717) is 5.92 Å². The molecule has 1 fully saturated rings. The SMILES string of the molecule is CCC/C(=N\N=COC)C1CCCC1. The molecule has 1 saturated carbocycles. The zero-order chi connectivity index (χ0) is 10.2. The summed E-state index contributed by atoms with van der Waals surface area (Å²) in [7, 11) is 1.59. The number of nitrogens with zero attached hydrogens (tertiary/aromatic N) is 2. The molecule has 1 rings (SSSR count). The highest BCUT2D eigenvalue weighted by atomic mass is 16.5. The van der Waals surface area contributed by atoms with Crippen molar-refractivity contribution in [2.24, 2.45) is 16.1 Å². The molecule has 80 valence electrons. The molecule has 0 aromatic rings. The van der Waals surface area contributed by atoms with Crippen molar-refractivity contribution in [3.8, 4) is 0 Å². The Hall–Kier alpha value is -0.860. The third-order valence-corrected chi connectivity index (χ3v) is 2.67. The van der Waals surface area contributed by atoms with Crippen molar-refractivity contribution in [2.45, 2.75) is 45.4 Å². The summed E-state index contributed by atoms with van der Waals surface area (Å²) in [5, 5.41) is 8.14. The van der Waals surface area contributed by atoms with Crippen LogP contribution in [-0.2, 0) is 4.74 Å². The Morgan fingerprint density at radius 2 is 2.14 bits per heavy atom. The Labute approximate surface area is 86.3 Å². The van der Waals surface area contributed by atoms with Crippen molar-refractivity contribution in [1.82, 2.24) is 0 Å². The quantitative estimate of drug-likeness (QED) is 0.378. The molecule has 0 atom stereocenters. The molecule has 0 aromatic carbocycles. The minimum absolute atomic E-state index is 0.684. The van der Waals surface area contributed by atoms with E-state index in [0.717, 1.165) is 12.8 Å². The summed E-state index contributed by atoms with van der Waals surface area (Å²) in [5.74, 6) is 0.684. The zero-order valence-electron chi connectivity index (χ0n) is 9.20. The van der Waals surface area contributed by atoms with E-state index in [4.69, 9.17) is 4.74 Å². The predicted molar refractivity (Wildman–Crippen MR) is 59.8 cm³/mol. The van der Waals surface area contributed by atoms with Gasteiger partial charge in [0.1, 0.15) is 0 Å². The van der Waals surface area contributed by atoms with Crippen LogP contribution in [0.1, 0.15) is 45.4 Å². The van der Waals surface area contributed by atoms with Crippen LogP contribution in [0.3, 0.4) is 0 Å². The fourth-order valence-corrected chi connectivity index (χ4v) is 2.00. The average molecular weight is 196 g/mol. The van der Waals surface area contributed by atoms with E-state index in [-0.39, 0.29) is 0 Å².